The fourth-order valence-electron chi connectivity index (χ4n) is 3.34. The summed E-state index contributed by atoms with van der Waals surface area (Å²) in [5.41, 5.74) is 2.77. The minimum Gasteiger partial charge on any atom is -0.497 e. The van der Waals surface area contributed by atoms with Gasteiger partial charge in [-0.1, -0.05) is 43.7 Å². The molecule has 0 fully saturated rings. The second-order valence-corrected chi connectivity index (χ2v) is 8.28. The van der Waals surface area contributed by atoms with Crippen LogP contribution in [0.15, 0.2) is 72.8 Å². The lowest BCUT2D eigenvalue weighted by Crippen LogP contribution is -2.47. The van der Waals surface area contributed by atoms with E-state index in [1.165, 1.54) is 0 Å². The van der Waals surface area contributed by atoms with Crippen molar-refractivity contribution in [1.29, 1.82) is 0 Å². The Morgan fingerprint density at radius 3 is 2.06 bits per heavy atom. The van der Waals surface area contributed by atoms with E-state index in [2.05, 4.69) is 16.0 Å². The molecule has 0 aliphatic rings. The van der Waals surface area contributed by atoms with Crippen molar-refractivity contribution in [3.8, 4) is 5.75 Å². The summed E-state index contributed by atoms with van der Waals surface area (Å²) in [6, 6.07) is 20.0. The quantitative estimate of drug-likeness (QED) is 0.457. The summed E-state index contributed by atoms with van der Waals surface area (Å²) in [4.78, 5) is 38.7. The minimum atomic E-state index is -0.765. The Hall–Kier alpha value is -4.13. The topological polar surface area (TPSA) is 96.5 Å². The fraction of sp³-hybridized carbons (Fsp3) is 0.222. The first kappa shape index (κ1) is 24.5. The number of rotatable bonds is 8. The van der Waals surface area contributed by atoms with E-state index in [4.69, 9.17) is 4.74 Å². The second kappa shape index (κ2) is 11.1. The number of methoxy groups -OCH3 is 1. The summed E-state index contributed by atoms with van der Waals surface area (Å²) in [5.74, 6) is -0.647. The van der Waals surface area contributed by atoms with Crippen molar-refractivity contribution in [1.82, 2.24) is 5.32 Å². The summed E-state index contributed by atoms with van der Waals surface area (Å²) in [7, 11) is 1.55. The van der Waals surface area contributed by atoms with E-state index >= 15 is 0 Å². The second-order valence-electron chi connectivity index (χ2n) is 8.28. The molecule has 0 heterocycles. The van der Waals surface area contributed by atoms with E-state index in [9.17, 15) is 14.4 Å². The van der Waals surface area contributed by atoms with Crippen LogP contribution >= 0.6 is 0 Å². The van der Waals surface area contributed by atoms with Crippen molar-refractivity contribution in [2.75, 3.05) is 17.7 Å². The van der Waals surface area contributed by atoms with Gasteiger partial charge >= 0.3 is 0 Å². The molecule has 0 saturated carbocycles. The normalized spacial score (nSPS) is 11.4. The molecule has 3 rings (SSSR count). The molecule has 7 heteroatoms. The molecule has 0 aromatic heterocycles. The van der Waals surface area contributed by atoms with Gasteiger partial charge in [0.2, 0.25) is 5.91 Å². The third kappa shape index (κ3) is 6.22. The highest BCUT2D eigenvalue weighted by Gasteiger charge is 2.26. The molecule has 34 heavy (non-hydrogen) atoms. The largest absolute Gasteiger partial charge is 0.497 e. The number of aryl methyl sites for hydroxylation is 1. The standard InChI is InChI=1S/C27H29N3O4/c1-17(2)24(27(33)28-20-13-9-18(3)10-14-20)30-26(32)22-7-5-6-8-23(22)29-25(31)19-11-15-21(34-4)16-12-19/h5-17,24H,1-4H3,(H,28,33)(H,29,31)(H,30,32)/t24-/m1/s1. The van der Waals surface area contributed by atoms with Crippen molar-refractivity contribution in [3.63, 3.8) is 0 Å². The van der Waals surface area contributed by atoms with Crippen LogP contribution in [0.4, 0.5) is 11.4 Å². The van der Waals surface area contributed by atoms with Gasteiger partial charge in [0.1, 0.15) is 11.8 Å². The number of nitrogens with one attached hydrogen (secondary N) is 3. The first-order valence-electron chi connectivity index (χ1n) is 11.0. The zero-order chi connectivity index (χ0) is 24.7. The predicted molar refractivity (Wildman–Crippen MR) is 133 cm³/mol. The zero-order valence-corrected chi connectivity index (χ0v) is 19.7. The Morgan fingerprint density at radius 1 is 0.794 bits per heavy atom. The third-order valence-corrected chi connectivity index (χ3v) is 5.33. The molecule has 0 radical (unpaired) electrons. The number of benzene rings is 3. The van der Waals surface area contributed by atoms with Crippen LogP contribution in [-0.4, -0.2) is 30.9 Å². The summed E-state index contributed by atoms with van der Waals surface area (Å²) in [6.45, 7) is 5.68. The van der Waals surface area contributed by atoms with Crippen LogP contribution in [0.1, 0.15) is 40.1 Å². The molecule has 3 N–H and O–H groups in total. The van der Waals surface area contributed by atoms with E-state index < -0.39 is 11.9 Å². The third-order valence-electron chi connectivity index (χ3n) is 5.33. The van der Waals surface area contributed by atoms with Crippen LogP contribution in [0.25, 0.3) is 0 Å². The maximum Gasteiger partial charge on any atom is 0.255 e. The lowest BCUT2D eigenvalue weighted by atomic mass is 10.0. The number of amides is 3. The van der Waals surface area contributed by atoms with Crippen LogP contribution in [-0.2, 0) is 4.79 Å². The fourth-order valence-corrected chi connectivity index (χ4v) is 3.34. The maximum absolute atomic E-state index is 13.1. The van der Waals surface area contributed by atoms with E-state index in [1.54, 1.807) is 55.6 Å². The molecule has 3 amide bonds. The number of carbonyl (C=O) groups is 3. The highest BCUT2D eigenvalue weighted by Crippen LogP contribution is 2.19. The van der Waals surface area contributed by atoms with Gasteiger partial charge in [-0.05, 0) is 61.4 Å². The molecule has 7 nitrogen and oxygen atoms in total. The summed E-state index contributed by atoms with van der Waals surface area (Å²) in [6.07, 6.45) is 0. The van der Waals surface area contributed by atoms with E-state index in [0.717, 1.165) is 5.56 Å². The van der Waals surface area contributed by atoms with Crippen LogP contribution in [0, 0.1) is 12.8 Å². The minimum absolute atomic E-state index is 0.157. The average molecular weight is 460 g/mol. The van der Waals surface area contributed by atoms with Crippen LogP contribution in [0.3, 0.4) is 0 Å². The maximum atomic E-state index is 13.1. The molecule has 0 unspecified atom stereocenters. The Balaban J connectivity index is 1.74. The first-order chi connectivity index (χ1) is 16.3. The van der Waals surface area contributed by atoms with E-state index in [-0.39, 0.29) is 23.3 Å². The van der Waals surface area contributed by atoms with Crippen LogP contribution in [0.2, 0.25) is 0 Å². The van der Waals surface area contributed by atoms with Crippen molar-refractivity contribution >= 4 is 29.1 Å². The molecule has 0 aliphatic carbocycles. The summed E-state index contributed by atoms with van der Waals surface area (Å²) < 4.78 is 5.12. The number of ether oxygens (including phenoxy) is 1. The predicted octanol–water partition coefficient (Wildman–Crippen LogP) is 4.65. The number of carbonyl (C=O) groups excluding carboxylic acids is 3. The van der Waals surface area contributed by atoms with Gasteiger partial charge in [-0.15, -0.1) is 0 Å². The highest BCUT2D eigenvalue weighted by molar-refractivity contribution is 6.10. The van der Waals surface area contributed by atoms with Gasteiger partial charge in [-0.2, -0.15) is 0 Å². The van der Waals surface area contributed by atoms with Gasteiger partial charge in [-0.3, -0.25) is 14.4 Å². The van der Waals surface area contributed by atoms with Gasteiger partial charge in [-0.25, -0.2) is 0 Å². The Morgan fingerprint density at radius 2 is 1.44 bits per heavy atom. The average Bonchev–Trinajstić information content (AvgIpc) is 2.83. The SMILES string of the molecule is COc1ccc(C(=O)Nc2ccccc2C(=O)N[C@@H](C(=O)Nc2ccc(C)cc2)C(C)C)cc1. The Labute approximate surface area is 199 Å². The molecule has 0 bridgehead atoms. The smallest absolute Gasteiger partial charge is 0.255 e. The molecule has 0 aliphatic heterocycles. The Kier molecular flexibility index (Phi) is 8.03. The molecule has 3 aromatic carbocycles. The number of anilines is 2. The van der Waals surface area contributed by atoms with Crippen LogP contribution in [0.5, 0.6) is 5.75 Å². The van der Waals surface area contributed by atoms with Gasteiger partial charge in [0, 0.05) is 11.3 Å². The molecule has 0 spiro atoms. The molecule has 176 valence electrons. The number of hydrogen-bond donors (Lipinski definition) is 3. The zero-order valence-electron chi connectivity index (χ0n) is 19.7. The van der Waals surface area contributed by atoms with Gasteiger partial charge in [0.25, 0.3) is 11.8 Å². The van der Waals surface area contributed by atoms with E-state index in [1.807, 2.05) is 45.0 Å². The Bertz CT molecular complexity index is 1160. The molecular formula is C27H29N3O4. The van der Waals surface area contributed by atoms with Crippen molar-refractivity contribution in [3.05, 3.63) is 89.5 Å². The highest BCUT2D eigenvalue weighted by atomic mass is 16.5. The molecular weight excluding hydrogens is 430 g/mol. The number of hydrogen-bond acceptors (Lipinski definition) is 4. The lowest BCUT2D eigenvalue weighted by Gasteiger charge is -2.22. The summed E-state index contributed by atoms with van der Waals surface area (Å²) >= 11 is 0. The monoisotopic (exact) mass is 459 g/mol. The van der Waals surface area contributed by atoms with Gasteiger partial charge in [0.05, 0.1) is 18.4 Å². The first-order valence-corrected chi connectivity index (χ1v) is 11.0. The molecule has 1 atom stereocenters. The number of para-hydroxylation sites is 1. The molecule has 0 saturated heterocycles. The van der Waals surface area contributed by atoms with Crippen molar-refractivity contribution in [2.45, 2.75) is 26.8 Å². The lowest BCUT2D eigenvalue weighted by molar-refractivity contribution is -0.118. The van der Waals surface area contributed by atoms with Crippen LogP contribution < -0.4 is 20.7 Å². The van der Waals surface area contributed by atoms with Gasteiger partial charge in [0.15, 0.2) is 0 Å². The summed E-state index contributed by atoms with van der Waals surface area (Å²) in [5, 5.41) is 8.45. The van der Waals surface area contributed by atoms with E-state index in [0.29, 0.717) is 22.7 Å². The van der Waals surface area contributed by atoms with Gasteiger partial charge < -0.3 is 20.7 Å². The van der Waals surface area contributed by atoms with Crippen molar-refractivity contribution in [2.24, 2.45) is 5.92 Å². The van der Waals surface area contributed by atoms with Crippen molar-refractivity contribution < 1.29 is 19.1 Å². The molecule has 3 aromatic rings.